The number of aliphatic imine (C=N–C) groups is 1. The van der Waals surface area contributed by atoms with Crippen molar-refractivity contribution in [1.82, 2.24) is 0 Å². The van der Waals surface area contributed by atoms with Crippen LogP contribution in [-0.2, 0) is 0 Å². The third-order valence-electron chi connectivity index (χ3n) is 2.83. The van der Waals surface area contributed by atoms with Gasteiger partial charge < -0.3 is 5.11 Å². The van der Waals surface area contributed by atoms with Crippen molar-refractivity contribution >= 4 is 41.1 Å². The molecule has 0 spiro atoms. The van der Waals surface area contributed by atoms with E-state index in [1.165, 1.54) is 12.1 Å². The first kappa shape index (κ1) is 14.6. The van der Waals surface area contributed by atoms with Crippen molar-refractivity contribution in [2.24, 2.45) is 4.99 Å². The molecule has 5 heteroatoms. The average molecular weight is 308 g/mol. The average Bonchev–Trinajstić information content (AvgIpc) is 2.41. The van der Waals surface area contributed by atoms with Crippen LogP contribution in [0.25, 0.3) is 0 Å². The number of hydrogen-bond acceptors (Lipinski definition) is 2. The summed E-state index contributed by atoms with van der Waals surface area (Å²) in [5.74, 6) is -1.01. The van der Waals surface area contributed by atoms with E-state index in [1.807, 2.05) is 19.1 Å². The fourth-order valence-corrected chi connectivity index (χ4v) is 2.04. The zero-order chi connectivity index (χ0) is 14.7. The van der Waals surface area contributed by atoms with Gasteiger partial charge in [0.2, 0.25) is 0 Å². The molecule has 0 saturated heterocycles. The molecular formula is C15H11Cl2NO2. The van der Waals surface area contributed by atoms with Crippen molar-refractivity contribution in [3.63, 3.8) is 0 Å². The van der Waals surface area contributed by atoms with Crippen LogP contribution in [0.4, 0.5) is 5.69 Å². The molecule has 0 radical (unpaired) electrons. The maximum atomic E-state index is 10.8. The van der Waals surface area contributed by atoms with Gasteiger partial charge >= 0.3 is 5.97 Å². The molecule has 3 nitrogen and oxygen atoms in total. The van der Waals surface area contributed by atoms with Crippen LogP contribution in [0.3, 0.4) is 0 Å². The van der Waals surface area contributed by atoms with Crippen molar-refractivity contribution < 1.29 is 9.90 Å². The van der Waals surface area contributed by atoms with Crippen molar-refractivity contribution in [3.8, 4) is 0 Å². The van der Waals surface area contributed by atoms with Gasteiger partial charge in [0.05, 0.1) is 16.3 Å². The molecule has 2 rings (SSSR count). The van der Waals surface area contributed by atoms with E-state index in [1.54, 1.807) is 18.3 Å². The molecule has 0 amide bonds. The highest BCUT2D eigenvalue weighted by Gasteiger charge is 2.06. The van der Waals surface area contributed by atoms with Crippen molar-refractivity contribution in [3.05, 3.63) is 63.1 Å². The van der Waals surface area contributed by atoms with Gasteiger partial charge in [-0.05, 0) is 36.8 Å². The Hall–Kier alpha value is -1.84. The number of hydrogen-bond donors (Lipinski definition) is 1. The summed E-state index contributed by atoms with van der Waals surface area (Å²) >= 11 is 12.0. The van der Waals surface area contributed by atoms with Gasteiger partial charge in [-0.15, -0.1) is 0 Å². The normalized spacial score (nSPS) is 10.9. The highest BCUT2D eigenvalue weighted by molar-refractivity contribution is 6.33. The molecule has 0 atom stereocenters. The molecule has 1 N–H and O–H groups in total. The van der Waals surface area contributed by atoms with E-state index in [-0.39, 0.29) is 5.56 Å². The summed E-state index contributed by atoms with van der Waals surface area (Å²) in [5.41, 5.74) is 2.42. The molecule has 102 valence electrons. The predicted octanol–water partition coefficient (Wildman–Crippen LogP) is 4.75. The summed E-state index contributed by atoms with van der Waals surface area (Å²) in [5, 5.41) is 9.85. The molecule has 2 aromatic rings. The molecule has 0 saturated carbocycles. The molecular weight excluding hydrogens is 297 g/mol. The molecule has 0 unspecified atom stereocenters. The van der Waals surface area contributed by atoms with Crippen LogP contribution in [0, 0.1) is 6.92 Å². The van der Waals surface area contributed by atoms with Crippen LogP contribution in [0.5, 0.6) is 0 Å². The highest BCUT2D eigenvalue weighted by Crippen LogP contribution is 2.26. The standard InChI is InChI=1S/C15H11Cl2NO2/c1-9-12(16)3-2-4-14(9)18-8-11-6-5-10(15(19)20)7-13(11)17/h2-8H,1H3,(H,19,20)/b18-8+. The first-order valence-corrected chi connectivity index (χ1v) is 6.56. The molecule has 0 heterocycles. The zero-order valence-electron chi connectivity index (χ0n) is 10.6. The number of carboxylic acid groups (broad SMARTS) is 1. The Labute approximate surface area is 126 Å². The van der Waals surface area contributed by atoms with Gasteiger partial charge in [-0.1, -0.05) is 35.3 Å². The first-order chi connectivity index (χ1) is 9.49. The van der Waals surface area contributed by atoms with E-state index in [2.05, 4.69) is 4.99 Å². The second-order valence-corrected chi connectivity index (χ2v) is 5.00. The van der Waals surface area contributed by atoms with Crippen LogP contribution in [0.2, 0.25) is 10.0 Å². The minimum Gasteiger partial charge on any atom is -0.478 e. The predicted molar refractivity (Wildman–Crippen MR) is 81.9 cm³/mol. The fraction of sp³-hybridized carbons (Fsp3) is 0.0667. The second-order valence-electron chi connectivity index (χ2n) is 4.18. The van der Waals surface area contributed by atoms with Crippen LogP contribution >= 0.6 is 23.2 Å². The van der Waals surface area contributed by atoms with Crippen molar-refractivity contribution in [2.75, 3.05) is 0 Å². The van der Waals surface area contributed by atoms with Gasteiger partial charge in [0.15, 0.2) is 0 Å². The molecule has 0 aliphatic carbocycles. The monoisotopic (exact) mass is 307 g/mol. The summed E-state index contributed by atoms with van der Waals surface area (Å²) in [7, 11) is 0. The summed E-state index contributed by atoms with van der Waals surface area (Å²) in [6.07, 6.45) is 1.59. The Kier molecular flexibility index (Phi) is 4.42. The highest BCUT2D eigenvalue weighted by atomic mass is 35.5. The largest absolute Gasteiger partial charge is 0.478 e. The van der Waals surface area contributed by atoms with E-state index in [0.717, 1.165) is 11.3 Å². The molecule has 2 aromatic carbocycles. The number of rotatable bonds is 3. The van der Waals surface area contributed by atoms with Crippen LogP contribution in [0.1, 0.15) is 21.5 Å². The summed E-state index contributed by atoms with van der Waals surface area (Å²) in [4.78, 5) is 15.1. The fourth-order valence-electron chi connectivity index (χ4n) is 1.64. The molecule has 20 heavy (non-hydrogen) atoms. The lowest BCUT2D eigenvalue weighted by Crippen LogP contribution is -1.96. The van der Waals surface area contributed by atoms with Gasteiger partial charge in [-0.3, -0.25) is 4.99 Å². The molecule has 0 fully saturated rings. The number of halogens is 2. The van der Waals surface area contributed by atoms with Gasteiger partial charge in [0.25, 0.3) is 0 Å². The summed E-state index contributed by atoms with van der Waals surface area (Å²) < 4.78 is 0. The Morgan fingerprint density at radius 3 is 2.60 bits per heavy atom. The third-order valence-corrected chi connectivity index (χ3v) is 3.57. The van der Waals surface area contributed by atoms with Gasteiger partial charge in [-0.25, -0.2) is 4.79 Å². The van der Waals surface area contributed by atoms with E-state index in [4.69, 9.17) is 28.3 Å². The van der Waals surface area contributed by atoms with E-state index in [9.17, 15) is 4.79 Å². The maximum absolute atomic E-state index is 10.8. The number of carboxylic acids is 1. The quantitative estimate of drug-likeness (QED) is 0.832. The van der Waals surface area contributed by atoms with E-state index < -0.39 is 5.97 Å². The lowest BCUT2D eigenvalue weighted by atomic mass is 10.1. The minimum absolute atomic E-state index is 0.145. The summed E-state index contributed by atoms with van der Waals surface area (Å²) in [6.45, 7) is 1.88. The van der Waals surface area contributed by atoms with Crippen LogP contribution in [0.15, 0.2) is 41.4 Å². The summed E-state index contributed by atoms with van der Waals surface area (Å²) in [6, 6.07) is 9.96. The molecule has 0 aliphatic heterocycles. The first-order valence-electron chi connectivity index (χ1n) is 5.81. The lowest BCUT2D eigenvalue weighted by Gasteiger charge is -2.03. The Morgan fingerprint density at radius 1 is 1.20 bits per heavy atom. The Balaban J connectivity index is 2.32. The smallest absolute Gasteiger partial charge is 0.335 e. The topological polar surface area (TPSA) is 49.7 Å². The van der Waals surface area contributed by atoms with Crippen LogP contribution < -0.4 is 0 Å². The van der Waals surface area contributed by atoms with Crippen molar-refractivity contribution in [1.29, 1.82) is 0 Å². The molecule has 0 aliphatic rings. The molecule has 0 bridgehead atoms. The minimum atomic E-state index is -1.01. The zero-order valence-corrected chi connectivity index (χ0v) is 12.1. The number of aromatic carboxylic acids is 1. The number of nitrogens with zero attached hydrogens (tertiary/aromatic N) is 1. The lowest BCUT2D eigenvalue weighted by molar-refractivity contribution is 0.0697. The SMILES string of the molecule is Cc1c(Cl)cccc1/N=C/c1ccc(C(=O)O)cc1Cl. The Morgan fingerprint density at radius 2 is 1.95 bits per heavy atom. The van der Waals surface area contributed by atoms with Gasteiger partial charge in [-0.2, -0.15) is 0 Å². The number of benzene rings is 2. The van der Waals surface area contributed by atoms with Gasteiger partial charge in [0.1, 0.15) is 0 Å². The van der Waals surface area contributed by atoms with E-state index >= 15 is 0 Å². The number of carbonyl (C=O) groups is 1. The Bertz CT molecular complexity index is 696. The maximum Gasteiger partial charge on any atom is 0.335 e. The van der Waals surface area contributed by atoms with Crippen molar-refractivity contribution in [2.45, 2.75) is 6.92 Å². The second kappa shape index (κ2) is 6.07. The molecule has 0 aromatic heterocycles. The van der Waals surface area contributed by atoms with Crippen LogP contribution in [-0.4, -0.2) is 17.3 Å². The van der Waals surface area contributed by atoms with Gasteiger partial charge in [0, 0.05) is 16.8 Å². The van der Waals surface area contributed by atoms with E-state index in [0.29, 0.717) is 15.6 Å². The third kappa shape index (κ3) is 3.18.